The minimum absolute atomic E-state index is 0.199. The van der Waals surface area contributed by atoms with Crippen LogP contribution in [0, 0.1) is 5.92 Å². The van der Waals surface area contributed by atoms with Crippen LogP contribution in [0.15, 0.2) is 41.3 Å². The normalized spacial score (nSPS) is 21.2. The Kier molecular flexibility index (Phi) is 6.51. The molecule has 0 unspecified atom stereocenters. The minimum Gasteiger partial charge on any atom is -0.452 e. The van der Waals surface area contributed by atoms with E-state index in [0.29, 0.717) is 25.2 Å². The number of rotatable bonds is 6. The zero-order valence-corrected chi connectivity index (χ0v) is 16.8. The molecular weight excluding hydrogens is 380 g/mol. The van der Waals surface area contributed by atoms with E-state index in [1.165, 1.54) is 23.4 Å². The van der Waals surface area contributed by atoms with Gasteiger partial charge in [-0.2, -0.15) is 4.31 Å². The van der Waals surface area contributed by atoms with Crippen molar-refractivity contribution in [1.82, 2.24) is 4.31 Å². The lowest BCUT2D eigenvalue weighted by atomic mass is 9.95. The Morgan fingerprint density at radius 3 is 2.43 bits per heavy atom. The van der Waals surface area contributed by atoms with E-state index in [2.05, 4.69) is 5.32 Å². The summed E-state index contributed by atoms with van der Waals surface area (Å²) in [7, 11) is -3.48. The SMILES string of the molecule is C[C@@H](OC(=O)[C@@H]1CC=CCC1)C(=O)Nc1ccc(S(=O)(=O)N2CCCC2)cc1. The van der Waals surface area contributed by atoms with Crippen molar-refractivity contribution in [3.8, 4) is 0 Å². The van der Waals surface area contributed by atoms with Crippen molar-refractivity contribution in [2.45, 2.75) is 50.0 Å². The van der Waals surface area contributed by atoms with Crippen LogP contribution in [0.3, 0.4) is 0 Å². The number of sulfonamides is 1. The molecule has 0 radical (unpaired) electrons. The van der Waals surface area contributed by atoms with Crippen molar-refractivity contribution in [2.24, 2.45) is 5.92 Å². The highest BCUT2D eigenvalue weighted by Crippen LogP contribution is 2.23. The van der Waals surface area contributed by atoms with Crippen molar-refractivity contribution < 1.29 is 22.7 Å². The van der Waals surface area contributed by atoms with Gasteiger partial charge in [-0.15, -0.1) is 0 Å². The molecule has 1 aromatic carbocycles. The number of benzene rings is 1. The molecular formula is C20H26N2O5S. The lowest BCUT2D eigenvalue weighted by Crippen LogP contribution is -2.32. The molecule has 7 nitrogen and oxygen atoms in total. The van der Waals surface area contributed by atoms with Crippen molar-refractivity contribution in [2.75, 3.05) is 18.4 Å². The van der Waals surface area contributed by atoms with Gasteiger partial charge in [0, 0.05) is 18.8 Å². The first-order valence-electron chi connectivity index (χ1n) is 9.64. The lowest BCUT2D eigenvalue weighted by Gasteiger charge is -2.20. The number of hydrogen-bond donors (Lipinski definition) is 1. The third kappa shape index (κ3) is 4.80. The van der Waals surface area contributed by atoms with Crippen molar-refractivity contribution in [3.05, 3.63) is 36.4 Å². The predicted molar refractivity (Wildman–Crippen MR) is 105 cm³/mol. The standard InChI is InChI=1S/C20H26N2O5S/c1-15(27-20(24)16-7-3-2-4-8-16)19(23)21-17-9-11-18(12-10-17)28(25,26)22-13-5-6-14-22/h2-3,9-12,15-16H,4-8,13-14H2,1H3,(H,21,23)/t15-,16-/m1/s1. The zero-order chi connectivity index (χ0) is 20.1. The van der Waals surface area contributed by atoms with Crippen LogP contribution in [0.25, 0.3) is 0 Å². The number of anilines is 1. The molecule has 0 spiro atoms. The molecule has 0 bridgehead atoms. The molecule has 28 heavy (non-hydrogen) atoms. The summed E-state index contributed by atoms with van der Waals surface area (Å²) in [6.45, 7) is 2.61. The molecule has 152 valence electrons. The molecule has 2 atom stereocenters. The summed E-state index contributed by atoms with van der Waals surface area (Å²) in [6, 6.07) is 6.05. The quantitative estimate of drug-likeness (QED) is 0.579. The molecule has 1 aromatic rings. The number of nitrogens with zero attached hydrogens (tertiary/aromatic N) is 1. The maximum atomic E-state index is 12.5. The van der Waals surface area contributed by atoms with Gasteiger partial charge in [0.2, 0.25) is 10.0 Å². The van der Waals surface area contributed by atoms with Crippen LogP contribution in [-0.2, 0) is 24.3 Å². The van der Waals surface area contributed by atoms with Crippen molar-refractivity contribution >= 4 is 27.6 Å². The van der Waals surface area contributed by atoms with Gasteiger partial charge in [-0.3, -0.25) is 9.59 Å². The van der Waals surface area contributed by atoms with Crippen molar-refractivity contribution in [3.63, 3.8) is 0 Å². The molecule has 1 amide bonds. The number of carbonyl (C=O) groups excluding carboxylic acids is 2. The highest BCUT2D eigenvalue weighted by Gasteiger charge is 2.27. The Hall–Kier alpha value is -2.19. The van der Waals surface area contributed by atoms with Crippen LogP contribution in [0.5, 0.6) is 0 Å². The summed E-state index contributed by atoms with van der Waals surface area (Å²) in [5.41, 5.74) is 0.453. The van der Waals surface area contributed by atoms with E-state index < -0.39 is 22.0 Å². The van der Waals surface area contributed by atoms with E-state index in [-0.39, 0.29) is 16.8 Å². The Labute approximate surface area is 165 Å². The topological polar surface area (TPSA) is 92.8 Å². The van der Waals surface area contributed by atoms with Crippen LogP contribution < -0.4 is 5.32 Å². The average molecular weight is 407 g/mol. The molecule has 8 heteroatoms. The second-order valence-corrected chi connectivity index (χ2v) is 9.12. The second-order valence-electron chi connectivity index (χ2n) is 7.19. The maximum Gasteiger partial charge on any atom is 0.310 e. The fourth-order valence-corrected chi connectivity index (χ4v) is 4.88. The first kappa shape index (κ1) is 20.5. The molecule has 2 aliphatic rings. The monoisotopic (exact) mass is 406 g/mol. The van der Waals surface area contributed by atoms with Gasteiger partial charge < -0.3 is 10.1 Å². The molecule has 0 aromatic heterocycles. The van der Waals surface area contributed by atoms with Crippen LogP contribution in [0.4, 0.5) is 5.69 Å². The van der Waals surface area contributed by atoms with Crippen LogP contribution in [0.1, 0.15) is 39.0 Å². The van der Waals surface area contributed by atoms with E-state index in [9.17, 15) is 18.0 Å². The smallest absolute Gasteiger partial charge is 0.310 e. The van der Waals surface area contributed by atoms with Crippen molar-refractivity contribution in [1.29, 1.82) is 0 Å². The van der Waals surface area contributed by atoms with Gasteiger partial charge in [0.15, 0.2) is 6.10 Å². The second kappa shape index (κ2) is 8.87. The molecule has 1 saturated heterocycles. The van der Waals surface area contributed by atoms with Gasteiger partial charge in [-0.1, -0.05) is 12.2 Å². The third-order valence-corrected chi connectivity index (χ3v) is 7.00. The largest absolute Gasteiger partial charge is 0.452 e. The Balaban J connectivity index is 1.56. The number of esters is 1. The van der Waals surface area contributed by atoms with Gasteiger partial charge in [0.05, 0.1) is 10.8 Å². The Morgan fingerprint density at radius 2 is 1.82 bits per heavy atom. The van der Waals surface area contributed by atoms with Gasteiger partial charge in [-0.25, -0.2) is 8.42 Å². The van der Waals surface area contributed by atoms with Crippen LogP contribution in [-0.4, -0.2) is 43.8 Å². The van der Waals surface area contributed by atoms with Crippen LogP contribution in [0.2, 0.25) is 0 Å². The summed E-state index contributed by atoms with van der Waals surface area (Å²) in [4.78, 5) is 24.6. The lowest BCUT2D eigenvalue weighted by molar-refractivity contribution is -0.157. The number of amides is 1. The molecule has 0 saturated carbocycles. The van der Waals surface area contributed by atoms with Crippen LogP contribution >= 0.6 is 0 Å². The molecule has 1 aliphatic carbocycles. The summed E-state index contributed by atoms with van der Waals surface area (Å²) in [6.07, 6.45) is 7.03. The number of nitrogens with one attached hydrogen (secondary N) is 1. The number of allylic oxidation sites excluding steroid dienone is 2. The van der Waals surface area contributed by atoms with E-state index in [0.717, 1.165) is 25.7 Å². The Morgan fingerprint density at radius 1 is 1.14 bits per heavy atom. The fraction of sp³-hybridized carbons (Fsp3) is 0.500. The number of ether oxygens (including phenoxy) is 1. The number of carbonyl (C=O) groups is 2. The van der Waals surface area contributed by atoms with E-state index in [1.54, 1.807) is 12.1 Å². The van der Waals surface area contributed by atoms with Gasteiger partial charge in [0.1, 0.15) is 0 Å². The molecule has 3 rings (SSSR count). The maximum absolute atomic E-state index is 12.5. The van der Waals surface area contributed by atoms with E-state index >= 15 is 0 Å². The van der Waals surface area contributed by atoms with Gasteiger partial charge in [0.25, 0.3) is 5.91 Å². The van der Waals surface area contributed by atoms with Gasteiger partial charge >= 0.3 is 5.97 Å². The fourth-order valence-electron chi connectivity index (χ4n) is 3.36. The third-order valence-electron chi connectivity index (χ3n) is 5.09. The summed E-state index contributed by atoms with van der Waals surface area (Å²) >= 11 is 0. The van der Waals surface area contributed by atoms with E-state index in [1.807, 2.05) is 12.2 Å². The first-order chi connectivity index (χ1) is 13.4. The predicted octanol–water partition coefficient (Wildman–Crippen LogP) is 2.70. The molecule has 1 N–H and O–H groups in total. The highest BCUT2D eigenvalue weighted by molar-refractivity contribution is 7.89. The minimum atomic E-state index is -3.48. The molecule has 1 heterocycles. The first-order valence-corrected chi connectivity index (χ1v) is 11.1. The zero-order valence-electron chi connectivity index (χ0n) is 16.0. The van der Waals surface area contributed by atoms with E-state index in [4.69, 9.17) is 4.74 Å². The summed E-state index contributed by atoms with van der Waals surface area (Å²) < 4.78 is 31.8. The summed E-state index contributed by atoms with van der Waals surface area (Å²) in [5.74, 6) is -1.01. The average Bonchev–Trinajstić information content (AvgIpc) is 3.25. The van der Waals surface area contributed by atoms with Gasteiger partial charge in [-0.05, 0) is 63.3 Å². The molecule has 1 fully saturated rings. The Bertz CT molecular complexity index is 842. The number of hydrogen-bond acceptors (Lipinski definition) is 5. The summed E-state index contributed by atoms with van der Waals surface area (Å²) in [5, 5.41) is 2.66. The highest BCUT2D eigenvalue weighted by atomic mass is 32.2. The molecule has 1 aliphatic heterocycles.